The highest BCUT2D eigenvalue weighted by Crippen LogP contribution is 2.26. The lowest BCUT2D eigenvalue weighted by Crippen LogP contribution is -2.42. The molecule has 0 aromatic carbocycles. The SMILES string of the molecule is CC(C)C(=O)CCOCN(C)C(=O)CN1C(=O)CC(C(C)C)C1=O. The van der Waals surface area contributed by atoms with Gasteiger partial charge in [0.25, 0.3) is 0 Å². The minimum Gasteiger partial charge on any atom is -0.361 e. The van der Waals surface area contributed by atoms with Crippen LogP contribution in [0.3, 0.4) is 0 Å². The van der Waals surface area contributed by atoms with Crippen molar-refractivity contribution in [1.82, 2.24) is 9.80 Å². The smallest absolute Gasteiger partial charge is 0.244 e. The van der Waals surface area contributed by atoms with Gasteiger partial charge in [0, 0.05) is 31.7 Å². The monoisotopic (exact) mass is 340 g/mol. The molecule has 0 aliphatic carbocycles. The zero-order chi connectivity index (χ0) is 18.4. The van der Waals surface area contributed by atoms with Crippen molar-refractivity contribution >= 4 is 23.5 Å². The van der Waals surface area contributed by atoms with Gasteiger partial charge in [-0.3, -0.25) is 24.1 Å². The number of nitrogens with zero attached hydrogens (tertiary/aromatic N) is 2. The summed E-state index contributed by atoms with van der Waals surface area (Å²) < 4.78 is 5.31. The minimum absolute atomic E-state index is 0.0219. The maximum Gasteiger partial charge on any atom is 0.244 e. The van der Waals surface area contributed by atoms with Gasteiger partial charge in [-0.05, 0) is 5.92 Å². The molecule has 1 heterocycles. The number of likely N-dealkylation sites (tertiary alicyclic amines) is 1. The normalized spacial score (nSPS) is 18.0. The molecule has 1 atom stereocenters. The van der Waals surface area contributed by atoms with Crippen molar-refractivity contribution in [3.8, 4) is 0 Å². The number of rotatable bonds is 9. The zero-order valence-corrected chi connectivity index (χ0v) is 15.2. The first kappa shape index (κ1) is 20.3. The number of imide groups is 1. The average molecular weight is 340 g/mol. The number of likely N-dealkylation sites (N-methyl/N-ethyl adjacent to an activating group) is 1. The van der Waals surface area contributed by atoms with Crippen molar-refractivity contribution in [2.24, 2.45) is 17.8 Å². The Balaban J connectivity index is 2.40. The van der Waals surface area contributed by atoms with E-state index in [0.717, 1.165) is 4.90 Å². The van der Waals surface area contributed by atoms with E-state index < -0.39 is 0 Å². The first-order valence-corrected chi connectivity index (χ1v) is 8.33. The van der Waals surface area contributed by atoms with Gasteiger partial charge in [0.1, 0.15) is 19.1 Å². The van der Waals surface area contributed by atoms with Crippen molar-refractivity contribution in [3.05, 3.63) is 0 Å². The molecule has 0 aromatic rings. The number of ether oxygens (including phenoxy) is 1. The largest absolute Gasteiger partial charge is 0.361 e. The average Bonchev–Trinajstić information content (AvgIpc) is 2.79. The van der Waals surface area contributed by atoms with E-state index in [-0.39, 0.29) is 67.6 Å². The third-order valence-corrected chi connectivity index (χ3v) is 4.22. The molecule has 0 N–H and O–H groups in total. The van der Waals surface area contributed by atoms with Gasteiger partial charge in [-0.15, -0.1) is 0 Å². The molecule has 1 aliphatic rings. The summed E-state index contributed by atoms with van der Waals surface area (Å²) in [6, 6.07) is 0. The standard InChI is InChI=1S/C17H28N2O5/c1-11(2)13-8-15(21)19(17(13)23)9-16(22)18(5)10-24-7-6-14(20)12(3)4/h11-13H,6-10H2,1-5H3. The van der Waals surface area contributed by atoms with Gasteiger partial charge in [-0.2, -0.15) is 0 Å². The lowest BCUT2D eigenvalue weighted by molar-refractivity contribution is -0.148. The molecule has 1 saturated heterocycles. The topological polar surface area (TPSA) is 84.0 Å². The van der Waals surface area contributed by atoms with Crippen LogP contribution >= 0.6 is 0 Å². The Bertz CT molecular complexity index is 501. The third-order valence-electron chi connectivity index (χ3n) is 4.22. The van der Waals surface area contributed by atoms with Gasteiger partial charge in [0.05, 0.1) is 6.61 Å². The highest BCUT2D eigenvalue weighted by Gasteiger charge is 2.41. The van der Waals surface area contributed by atoms with Gasteiger partial charge < -0.3 is 9.64 Å². The third kappa shape index (κ3) is 5.40. The number of ketones is 1. The predicted molar refractivity (Wildman–Crippen MR) is 87.7 cm³/mol. The van der Waals surface area contributed by atoms with Crippen LogP contribution in [0.5, 0.6) is 0 Å². The van der Waals surface area contributed by atoms with E-state index in [0.29, 0.717) is 6.42 Å². The molecule has 1 rings (SSSR count). The van der Waals surface area contributed by atoms with Gasteiger partial charge in [0.2, 0.25) is 17.7 Å². The Morgan fingerprint density at radius 2 is 1.88 bits per heavy atom. The fraction of sp³-hybridized carbons (Fsp3) is 0.765. The minimum atomic E-state index is -0.365. The Morgan fingerprint density at radius 3 is 2.38 bits per heavy atom. The fourth-order valence-electron chi connectivity index (χ4n) is 2.39. The van der Waals surface area contributed by atoms with Crippen molar-refractivity contribution in [2.75, 3.05) is 26.9 Å². The van der Waals surface area contributed by atoms with Gasteiger partial charge in [-0.1, -0.05) is 27.7 Å². The number of carbonyl (C=O) groups excluding carboxylic acids is 4. The molecule has 1 aliphatic heterocycles. The highest BCUT2D eigenvalue weighted by atomic mass is 16.5. The molecule has 136 valence electrons. The van der Waals surface area contributed by atoms with Crippen LogP contribution in [0.1, 0.15) is 40.5 Å². The molecular formula is C17H28N2O5. The Kier molecular flexibility index (Phi) is 7.54. The summed E-state index contributed by atoms with van der Waals surface area (Å²) >= 11 is 0. The summed E-state index contributed by atoms with van der Waals surface area (Å²) in [6.45, 7) is 7.43. The number of amides is 3. The number of Topliss-reactive ketones (excluding diaryl/α,β-unsaturated/α-hetero) is 1. The van der Waals surface area contributed by atoms with E-state index in [1.54, 1.807) is 0 Å². The highest BCUT2D eigenvalue weighted by molar-refractivity contribution is 6.05. The van der Waals surface area contributed by atoms with Crippen molar-refractivity contribution in [3.63, 3.8) is 0 Å². The zero-order valence-electron chi connectivity index (χ0n) is 15.2. The summed E-state index contributed by atoms with van der Waals surface area (Å²) in [5, 5.41) is 0. The molecule has 1 unspecified atom stereocenters. The molecule has 0 bridgehead atoms. The molecule has 3 amide bonds. The van der Waals surface area contributed by atoms with Gasteiger partial charge >= 0.3 is 0 Å². The van der Waals surface area contributed by atoms with E-state index in [2.05, 4.69) is 0 Å². The summed E-state index contributed by atoms with van der Waals surface area (Å²) in [6.07, 6.45) is 0.472. The van der Waals surface area contributed by atoms with Crippen LogP contribution in [-0.4, -0.2) is 60.2 Å². The molecule has 1 fully saturated rings. The predicted octanol–water partition coefficient (Wildman–Crippen LogP) is 1.07. The number of hydrogen-bond acceptors (Lipinski definition) is 5. The lowest BCUT2D eigenvalue weighted by Gasteiger charge is -2.21. The van der Waals surface area contributed by atoms with E-state index in [9.17, 15) is 19.2 Å². The van der Waals surface area contributed by atoms with Crippen LogP contribution in [0.4, 0.5) is 0 Å². The van der Waals surface area contributed by atoms with Crippen molar-refractivity contribution in [2.45, 2.75) is 40.5 Å². The van der Waals surface area contributed by atoms with Crippen LogP contribution in [0.25, 0.3) is 0 Å². The molecular weight excluding hydrogens is 312 g/mol. The second-order valence-corrected chi connectivity index (χ2v) is 6.87. The summed E-state index contributed by atoms with van der Waals surface area (Å²) in [5.41, 5.74) is 0. The van der Waals surface area contributed by atoms with Crippen LogP contribution in [0.2, 0.25) is 0 Å². The molecule has 0 spiro atoms. The van der Waals surface area contributed by atoms with E-state index in [1.165, 1.54) is 11.9 Å². The second-order valence-electron chi connectivity index (χ2n) is 6.87. The van der Waals surface area contributed by atoms with E-state index in [4.69, 9.17) is 4.74 Å². The lowest BCUT2D eigenvalue weighted by atomic mass is 9.94. The maximum absolute atomic E-state index is 12.2. The molecule has 0 saturated carbocycles. The van der Waals surface area contributed by atoms with Crippen LogP contribution in [0, 0.1) is 17.8 Å². The Morgan fingerprint density at radius 1 is 1.25 bits per heavy atom. The van der Waals surface area contributed by atoms with Gasteiger partial charge in [-0.25, -0.2) is 0 Å². The first-order chi connectivity index (χ1) is 11.1. The van der Waals surface area contributed by atoms with Crippen LogP contribution in [0.15, 0.2) is 0 Å². The quantitative estimate of drug-likeness (QED) is 0.356. The number of carbonyl (C=O) groups is 4. The second kappa shape index (κ2) is 8.92. The number of hydrogen-bond donors (Lipinski definition) is 0. The Labute approximate surface area is 143 Å². The summed E-state index contributed by atoms with van der Waals surface area (Å²) in [7, 11) is 1.54. The molecule has 24 heavy (non-hydrogen) atoms. The fourth-order valence-corrected chi connectivity index (χ4v) is 2.39. The van der Waals surface area contributed by atoms with Crippen molar-refractivity contribution in [1.29, 1.82) is 0 Å². The van der Waals surface area contributed by atoms with E-state index >= 15 is 0 Å². The molecule has 0 aromatic heterocycles. The summed E-state index contributed by atoms with van der Waals surface area (Å²) in [4.78, 5) is 50.0. The summed E-state index contributed by atoms with van der Waals surface area (Å²) in [5.74, 6) is -1.14. The van der Waals surface area contributed by atoms with Crippen molar-refractivity contribution < 1.29 is 23.9 Å². The van der Waals surface area contributed by atoms with Gasteiger partial charge in [0.15, 0.2) is 0 Å². The molecule has 7 heteroatoms. The molecule has 0 radical (unpaired) electrons. The van der Waals surface area contributed by atoms with Crippen LogP contribution < -0.4 is 0 Å². The molecule has 7 nitrogen and oxygen atoms in total. The first-order valence-electron chi connectivity index (χ1n) is 8.33. The van der Waals surface area contributed by atoms with Crippen LogP contribution in [-0.2, 0) is 23.9 Å². The van der Waals surface area contributed by atoms with E-state index in [1.807, 2.05) is 27.7 Å². The maximum atomic E-state index is 12.2. The Hall–Kier alpha value is -1.76.